The lowest BCUT2D eigenvalue weighted by atomic mass is 10.0. The lowest BCUT2D eigenvalue weighted by Crippen LogP contribution is -2.31. The molecule has 0 spiro atoms. The summed E-state index contributed by atoms with van der Waals surface area (Å²) >= 11 is 12.0. The van der Waals surface area contributed by atoms with Crippen LogP contribution in [0.4, 0.5) is 0 Å². The van der Waals surface area contributed by atoms with Gasteiger partial charge in [-0.25, -0.2) is 4.98 Å². The zero-order chi connectivity index (χ0) is 20.3. The summed E-state index contributed by atoms with van der Waals surface area (Å²) in [5.74, 6) is -0.447. The number of pyridine rings is 1. The van der Waals surface area contributed by atoms with E-state index in [9.17, 15) is 15.0 Å². The van der Waals surface area contributed by atoms with E-state index in [1.165, 1.54) is 0 Å². The van der Waals surface area contributed by atoms with Gasteiger partial charge in [0.25, 0.3) is 5.91 Å². The monoisotopic (exact) mass is 419 g/mol. The smallest absolute Gasteiger partial charge is 0.268 e. The Bertz CT molecular complexity index is 1000. The van der Waals surface area contributed by atoms with Gasteiger partial charge in [0.15, 0.2) is 0 Å². The highest BCUT2D eigenvalue weighted by Gasteiger charge is 2.23. The minimum absolute atomic E-state index is 0.225. The van der Waals surface area contributed by atoms with Gasteiger partial charge in [-0.15, -0.1) is 0 Å². The van der Waals surface area contributed by atoms with Crippen molar-refractivity contribution in [3.8, 4) is 11.1 Å². The number of rotatable bonds is 6. The number of hydrogen-bond donors (Lipinski definition) is 4. The maximum absolute atomic E-state index is 12.9. The Kier molecular flexibility index (Phi) is 6.36. The standard InChI is InChI=1S/C20H19Cl2N3O3/c1-11-18(13-5-6-23-17(22)8-13)15(9-26)19(24-11)20(28)25-16(10-27)12-3-2-4-14(21)7-12/h2-8,16,24,26-27H,9-10H2,1H3,(H,25,28)/t16-/m1/s1. The van der Waals surface area contributed by atoms with Crippen LogP contribution in [0, 0.1) is 6.92 Å². The number of nitrogens with one attached hydrogen (secondary N) is 2. The van der Waals surface area contributed by atoms with Gasteiger partial charge in [-0.2, -0.15) is 0 Å². The molecule has 0 fully saturated rings. The molecule has 0 unspecified atom stereocenters. The number of hydrogen-bond acceptors (Lipinski definition) is 4. The van der Waals surface area contributed by atoms with Crippen LogP contribution in [0.15, 0.2) is 42.6 Å². The molecule has 0 bridgehead atoms. The molecule has 0 aliphatic rings. The second kappa shape index (κ2) is 8.75. The summed E-state index contributed by atoms with van der Waals surface area (Å²) in [6.07, 6.45) is 1.56. The number of aromatic nitrogens is 2. The molecule has 3 rings (SSSR count). The molecule has 0 saturated carbocycles. The summed E-state index contributed by atoms with van der Waals surface area (Å²) in [6, 6.07) is 9.69. The molecule has 2 heterocycles. The fourth-order valence-electron chi connectivity index (χ4n) is 3.17. The Morgan fingerprint density at radius 3 is 2.68 bits per heavy atom. The first-order valence-corrected chi connectivity index (χ1v) is 9.31. The molecule has 0 saturated heterocycles. The first-order valence-electron chi connectivity index (χ1n) is 8.56. The molecule has 1 amide bonds. The van der Waals surface area contributed by atoms with Crippen LogP contribution in [0.2, 0.25) is 10.2 Å². The fraction of sp³-hybridized carbons (Fsp3) is 0.200. The largest absolute Gasteiger partial charge is 0.394 e. The number of aliphatic hydroxyl groups excluding tert-OH is 2. The molecule has 0 radical (unpaired) electrons. The number of benzene rings is 1. The average molecular weight is 420 g/mol. The summed E-state index contributed by atoms with van der Waals surface area (Å²) in [7, 11) is 0. The van der Waals surface area contributed by atoms with Crippen LogP contribution in [0.1, 0.15) is 33.4 Å². The third-order valence-corrected chi connectivity index (χ3v) is 4.87. The summed E-state index contributed by atoms with van der Waals surface area (Å²) in [5, 5.41) is 23.2. The zero-order valence-electron chi connectivity index (χ0n) is 15.0. The van der Waals surface area contributed by atoms with Gasteiger partial charge in [-0.05, 0) is 42.3 Å². The highest BCUT2D eigenvalue weighted by Crippen LogP contribution is 2.31. The van der Waals surface area contributed by atoms with E-state index < -0.39 is 11.9 Å². The van der Waals surface area contributed by atoms with Crippen LogP contribution in [0.25, 0.3) is 11.1 Å². The van der Waals surface area contributed by atoms with Crippen molar-refractivity contribution in [3.63, 3.8) is 0 Å². The average Bonchev–Trinajstić information content (AvgIpc) is 3.02. The van der Waals surface area contributed by atoms with Crippen molar-refractivity contribution in [1.82, 2.24) is 15.3 Å². The Hall–Kier alpha value is -2.38. The molecule has 28 heavy (non-hydrogen) atoms. The predicted molar refractivity (Wildman–Crippen MR) is 108 cm³/mol. The second-order valence-electron chi connectivity index (χ2n) is 6.27. The van der Waals surface area contributed by atoms with Gasteiger partial charge in [0, 0.05) is 28.0 Å². The number of aryl methyl sites for hydroxylation is 1. The minimum Gasteiger partial charge on any atom is -0.394 e. The molecular weight excluding hydrogens is 401 g/mol. The van der Waals surface area contributed by atoms with Crippen LogP contribution in [-0.4, -0.2) is 32.7 Å². The van der Waals surface area contributed by atoms with Crippen molar-refractivity contribution in [2.75, 3.05) is 6.61 Å². The van der Waals surface area contributed by atoms with E-state index in [-0.39, 0.29) is 18.9 Å². The molecule has 146 valence electrons. The molecule has 1 aromatic carbocycles. The van der Waals surface area contributed by atoms with Gasteiger partial charge in [-0.1, -0.05) is 35.3 Å². The van der Waals surface area contributed by atoms with Crippen molar-refractivity contribution >= 4 is 29.1 Å². The van der Waals surface area contributed by atoms with E-state index in [1.54, 1.807) is 49.5 Å². The number of amides is 1. The van der Waals surface area contributed by atoms with Gasteiger partial charge in [0.1, 0.15) is 10.8 Å². The molecule has 8 heteroatoms. The van der Waals surface area contributed by atoms with E-state index in [0.29, 0.717) is 32.6 Å². The quantitative estimate of drug-likeness (QED) is 0.458. The van der Waals surface area contributed by atoms with E-state index in [1.807, 2.05) is 0 Å². The summed E-state index contributed by atoms with van der Waals surface area (Å²) < 4.78 is 0. The molecule has 0 aliphatic carbocycles. The van der Waals surface area contributed by atoms with Crippen LogP contribution in [0.5, 0.6) is 0 Å². The highest BCUT2D eigenvalue weighted by atomic mass is 35.5. The third kappa shape index (κ3) is 4.20. The van der Waals surface area contributed by atoms with Gasteiger partial charge in [-0.3, -0.25) is 4.79 Å². The molecule has 6 nitrogen and oxygen atoms in total. The van der Waals surface area contributed by atoms with Crippen molar-refractivity contribution in [2.45, 2.75) is 19.6 Å². The topological polar surface area (TPSA) is 98.2 Å². The van der Waals surface area contributed by atoms with Gasteiger partial charge >= 0.3 is 0 Å². The van der Waals surface area contributed by atoms with E-state index >= 15 is 0 Å². The molecule has 3 aromatic rings. The van der Waals surface area contributed by atoms with Crippen LogP contribution in [0.3, 0.4) is 0 Å². The minimum atomic E-state index is -0.639. The van der Waals surface area contributed by atoms with Crippen molar-refractivity contribution < 1.29 is 15.0 Å². The lowest BCUT2D eigenvalue weighted by Gasteiger charge is -2.17. The van der Waals surface area contributed by atoms with Crippen LogP contribution >= 0.6 is 23.2 Å². The Morgan fingerprint density at radius 2 is 2.04 bits per heavy atom. The summed E-state index contributed by atoms with van der Waals surface area (Å²) in [4.78, 5) is 19.9. The number of carbonyl (C=O) groups is 1. The maximum Gasteiger partial charge on any atom is 0.268 e. The van der Waals surface area contributed by atoms with E-state index in [2.05, 4.69) is 15.3 Å². The first-order chi connectivity index (χ1) is 13.4. The van der Waals surface area contributed by atoms with Crippen molar-refractivity contribution in [3.05, 3.63) is 75.3 Å². The van der Waals surface area contributed by atoms with Gasteiger partial charge in [0.2, 0.25) is 0 Å². The lowest BCUT2D eigenvalue weighted by molar-refractivity contribution is 0.0908. The number of aliphatic hydroxyl groups is 2. The van der Waals surface area contributed by atoms with Crippen molar-refractivity contribution in [2.24, 2.45) is 0 Å². The van der Waals surface area contributed by atoms with Crippen LogP contribution in [-0.2, 0) is 6.61 Å². The number of nitrogens with zero attached hydrogens (tertiary/aromatic N) is 1. The predicted octanol–water partition coefficient (Wildman–Crippen LogP) is 3.65. The SMILES string of the molecule is Cc1[nH]c(C(=O)N[C@H](CO)c2cccc(Cl)c2)c(CO)c1-c1ccnc(Cl)c1. The maximum atomic E-state index is 12.9. The van der Waals surface area contributed by atoms with E-state index in [0.717, 1.165) is 5.56 Å². The Labute approximate surface area is 172 Å². The third-order valence-electron chi connectivity index (χ3n) is 4.43. The number of halogens is 2. The fourth-order valence-corrected chi connectivity index (χ4v) is 3.54. The molecule has 4 N–H and O–H groups in total. The number of aromatic amines is 1. The molecular formula is C20H19Cl2N3O3. The molecule has 0 aliphatic heterocycles. The van der Waals surface area contributed by atoms with Crippen LogP contribution < -0.4 is 5.32 Å². The summed E-state index contributed by atoms with van der Waals surface area (Å²) in [6.45, 7) is 1.16. The molecule has 2 aromatic heterocycles. The van der Waals surface area contributed by atoms with Gasteiger partial charge < -0.3 is 20.5 Å². The molecule has 1 atom stereocenters. The summed E-state index contributed by atoms with van der Waals surface area (Å²) in [5.41, 5.74) is 3.49. The van der Waals surface area contributed by atoms with E-state index in [4.69, 9.17) is 23.2 Å². The normalized spacial score (nSPS) is 12.0. The first kappa shape index (κ1) is 20.4. The number of carbonyl (C=O) groups excluding carboxylic acids is 1. The Morgan fingerprint density at radius 1 is 1.25 bits per heavy atom. The van der Waals surface area contributed by atoms with Gasteiger partial charge in [0.05, 0.1) is 19.3 Å². The number of H-pyrrole nitrogens is 1. The Balaban J connectivity index is 1.95. The zero-order valence-corrected chi connectivity index (χ0v) is 16.6. The van der Waals surface area contributed by atoms with Crippen molar-refractivity contribution in [1.29, 1.82) is 0 Å². The second-order valence-corrected chi connectivity index (χ2v) is 7.09. The highest BCUT2D eigenvalue weighted by molar-refractivity contribution is 6.30.